The van der Waals surface area contributed by atoms with Gasteiger partial charge in [-0.05, 0) is 36.5 Å². The summed E-state index contributed by atoms with van der Waals surface area (Å²) in [5.41, 5.74) is 5.53. The Morgan fingerprint density at radius 1 is 0.808 bits per heavy atom. The van der Waals surface area contributed by atoms with Crippen LogP contribution in [-0.4, -0.2) is 17.4 Å². The van der Waals surface area contributed by atoms with Crippen molar-refractivity contribution in [2.75, 3.05) is 11.9 Å². The molecule has 2 N–H and O–H groups in total. The first-order valence-corrected chi connectivity index (χ1v) is 8.64. The number of nitrogens with zero attached hydrogens (tertiary/aromatic N) is 1. The Morgan fingerprint density at radius 3 is 2.04 bits per heavy atom. The van der Waals surface area contributed by atoms with Crippen LogP contribution in [0.5, 0.6) is 5.75 Å². The molecule has 26 heavy (non-hydrogen) atoms. The second kappa shape index (κ2) is 9.34. The smallest absolute Gasteiger partial charge is 0.191 e. The van der Waals surface area contributed by atoms with Crippen LogP contribution in [0.15, 0.2) is 96.1 Å². The third-order valence-corrected chi connectivity index (χ3v) is 3.74. The van der Waals surface area contributed by atoms with Gasteiger partial charge < -0.3 is 10.1 Å². The molecular weight excluding hydrogens is 342 g/mol. The SMILES string of the molecule is S=C(NN=C(COc1ccccc1)c1ccccc1)Nc1ccccc1. The third-order valence-electron chi connectivity index (χ3n) is 3.55. The maximum Gasteiger partial charge on any atom is 0.191 e. The zero-order chi connectivity index (χ0) is 18.0. The summed E-state index contributed by atoms with van der Waals surface area (Å²) in [6, 6.07) is 29.2. The number of rotatable bonds is 6. The maximum absolute atomic E-state index is 5.84. The van der Waals surface area contributed by atoms with Crippen molar-refractivity contribution in [2.45, 2.75) is 0 Å². The molecule has 0 bridgehead atoms. The van der Waals surface area contributed by atoms with E-state index in [4.69, 9.17) is 17.0 Å². The van der Waals surface area contributed by atoms with E-state index >= 15 is 0 Å². The summed E-state index contributed by atoms with van der Waals surface area (Å²) in [7, 11) is 0. The van der Waals surface area contributed by atoms with Crippen LogP contribution < -0.4 is 15.5 Å². The summed E-state index contributed by atoms with van der Waals surface area (Å²) in [6.07, 6.45) is 0. The highest BCUT2D eigenvalue weighted by Gasteiger charge is 2.06. The number of hydrazone groups is 1. The molecule has 0 saturated heterocycles. The summed E-state index contributed by atoms with van der Waals surface area (Å²) in [5.74, 6) is 0.793. The van der Waals surface area contributed by atoms with Crippen LogP contribution in [0.2, 0.25) is 0 Å². The monoisotopic (exact) mass is 361 g/mol. The molecule has 130 valence electrons. The van der Waals surface area contributed by atoms with E-state index in [1.807, 2.05) is 91.0 Å². The number of hydrogen-bond donors (Lipinski definition) is 2. The molecule has 0 heterocycles. The minimum atomic E-state index is 0.328. The average Bonchev–Trinajstić information content (AvgIpc) is 2.70. The largest absolute Gasteiger partial charge is 0.487 e. The van der Waals surface area contributed by atoms with Crippen molar-refractivity contribution in [3.8, 4) is 5.75 Å². The molecular formula is C21H19N3OS. The second-order valence-corrected chi connectivity index (χ2v) is 5.87. The van der Waals surface area contributed by atoms with Gasteiger partial charge >= 0.3 is 0 Å². The van der Waals surface area contributed by atoms with E-state index in [2.05, 4.69) is 15.8 Å². The van der Waals surface area contributed by atoms with Gasteiger partial charge in [0.1, 0.15) is 18.1 Å². The fourth-order valence-corrected chi connectivity index (χ4v) is 2.44. The molecule has 0 aliphatic heterocycles. The number of ether oxygens (including phenoxy) is 1. The third kappa shape index (κ3) is 5.43. The van der Waals surface area contributed by atoms with Crippen LogP contribution >= 0.6 is 12.2 Å². The fourth-order valence-electron chi connectivity index (χ4n) is 2.28. The van der Waals surface area contributed by atoms with Gasteiger partial charge in [0.05, 0.1) is 0 Å². The van der Waals surface area contributed by atoms with Crippen molar-refractivity contribution in [1.29, 1.82) is 0 Å². The lowest BCUT2D eigenvalue weighted by Crippen LogP contribution is -2.27. The molecule has 3 aromatic rings. The molecule has 0 aromatic heterocycles. The summed E-state index contributed by atoms with van der Waals surface area (Å²) < 4.78 is 5.84. The van der Waals surface area contributed by atoms with Crippen molar-refractivity contribution in [3.63, 3.8) is 0 Å². The van der Waals surface area contributed by atoms with E-state index < -0.39 is 0 Å². The van der Waals surface area contributed by atoms with Crippen LogP contribution in [0.1, 0.15) is 5.56 Å². The zero-order valence-corrected chi connectivity index (χ0v) is 14.9. The first kappa shape index (κ1) is 17.6. The molecule has 3 rings (SSSR count). The molecule has 0 unspecified atom stereocenters. The Labute approximate surface area is 158 Å². The predicted molar refractivity (Wildman–Crippen MR) is 111 cm³/mol. The van der Waals surface area contributed by atoms with E-state index in [9.17, 15) is 0 Å². The van der Waals surface area contributed by atoms with Crippen molar-refractivity contribution in [3.05, 3.63) is 96.6 Å². The standard InChI is InChI=1S/C21H19N3OS/c26-21(22-18-12-6-2-7-13-18)24-23-20(17-10-4-1-5-11-17)16-25-19-14-8-3-9-15-19/h1-15H,16H2,(H2,22,24,26). The lowest BCUT2D eigenvalue weighted by molar-refractivity contribution is 0.376. The molecule has 0 aliphatic carbocycles. The molecule has 0 aliphatic rings. The van der Waals surface area contributed by atoms with E-state index in [0.29, 0.717) is 11.7 Å². The first-order valence-electron chi connectivity index (χ1n) is 8.23. The van der Waals surface area contributed by atoms with Crippen LogP contribution in [0.3, 0.4) is 0 Å². The van der Waals surface area contributed by atoms with Gasteiger partial charge in [-0.3, -0.25) is 5.43 Å². The van der Waals surface area contributed by atoms with Crippen molar-refractivity contribution in [2.24, 2.45) is 5.10 Å². The predicted octanol–water partition coefficient (Wildman–Crippen LogP) is 4.46. The van der Waals surface area contributed by atoms with E-state index in [1.54, 1.807) is 0 Å². The Kier molecular flexibility index (Phi) is 6.34. The lowest BCUT2D eigenvalue weighted by Gasteiger charge is -2.11. The number of hydrogen-bond acceptors (Lipinski definition) is 3. The molecule has 3 aromatic carbocycles. The van der Waals surface area contributed by atoms with Crippen molar-refractivity contribution in [1.82, 2.24) is 5.43 Å². The van der Waals surface area contributed by atoms with Gasteiger partial charge in [-0.2, -0.15) is 5.10 Å². The zero-order valence-electron chi connectivity index (χ0n) is 14.1. The molecule has 0 amide bonds. The number of anilines is 1. The minimum Gasteiger partial charge on any atom is -0.487 e. The molecule has 0 radical (unpaired) electrons. The van der Waals surface area contributed by atoms with Gasteiger partial charge in [-0.1, -0.05) is 66.7 Å². The van der Waals surface area contributed by atoms with Gasteiger partial charge in [0.15, 0.2) is 5.11 Å². The molecule has 0 fully saturated rings. The first-order chi connectivity index (χ1) is 12.8. The van der Waals surface area contributed by atoms with Gasteiger partial charge in [0, 0.05) is 11.3 Å². The average molecular weight is 361 g/mol. The van der Waals surface area contributed by atoms with Crippen LogP contribution in [0.25, 0.3) is 0 Å². The second-order valence-electron chi connectivity index (χ2n) is 5.46. The number of benzene rings is 3. The Balaban J connectivity index is 1.68. The number of para-hydroxylation sites is 2. The van der Waals surface area contributed by atoms with E-state index in [0.717, 1.165) is 22.7 Å². The van der Waals surface area contributed by atoms with Crippen molar-refractivity contribution < 1.29 is 4.74 Å². The highest BCUT2D eigenvalue weighted by Crippen LogP contribution is 2.10. The van der Waals surface area contributed by atoms with E-state index in [-0.39, 0.29) is 0 Å². The Morgan fingerprint density at radius 2 is 1.38 bits per heavy atom. The highest BCUT2D eigenvalue weighted by atomic mass is 32.1. The normalized spacial score (nSPS) is 10.8. The van der Waals surface area contributed by atoms with Gasteiger partial charge in [0.2, 0.25) is 0 Å². The lowest BCUT2D eigenvalue weighted by atomic mass is 10.1. The highest BCUT2D eigenvalue weighted by molar-refractivity contribution is 7.80. The molecule has 0 spiro atoms. The summed E-state index contributed by atoms with van der Waals surface area (Å²) in [6.45, 7) is 0.328. The molecule has 4 nitrogen and oxygen atoms in total. The quantitative estimate of drug-likeness (QED) is 0.387. The minimum absolute atomic E-state index is 0.328. The molecule has 0 atom stereocenters. The summed E-state index contributed by atoms with van der Waals surface area (Å²) in [4.78, 5) is 0. The Hall–Kier alpha value is -3.18. The van der Waals surface area contributed by atoms with Gasteiger partial charge in [-0.15, -0.1) is 0 Å². The summed E-state index contributed by atoms with van der Waals surface area (Å²) >= 11 is 5.31. The van der Waals surface area contributed by atoms with Crippen LogP contribution in [0, 0.1) is 0 Å². The van der Waals surface area contributed by atoms with Crippen LogP contribution in [0.4, 0.5) is 5.69 Å². The Bertz CT molecular complexity index is 852. The molecule has 0 saturated carbocycles. The fraction of sp³-hybridized carbons (Fsp3) is 0.0476. The topological polar surface area (TPSA) is 45.7 Å². The number of thiocarbonyl (C=S) groups is 1. The van der Waals surface area contributed by atoms with Gasteiger partial charge in [0.25, 0.3) is 0 Å². The number of nitrogens with one attached hydrogen (secondary N) is 2. The maximum atomic E-state index is 5.84. The van der Waals surface area contributed by atoms with E-state index in [1.165, 1.54) is 0 Å². The molecule has 5 heteroatoms. The van der Waals surface area contributed by atoms with Crippen LogP contribution in [-0.2, 0) is 0 Å². The van der Waals surface area contributed by atoms with Gasteiger partial charge in [-0.25, -0.2) is 0 Å². The van der Waals surface area contributed by atoms with Crippen molar-refractivity contribution >= 4 is 28.7 Å². The summed E-state index contributed by atoms with van der Waals surface area (Å²) in [5, 5.41) is 7.96.